The number of nitrogens with two attached hydrogens (primary N) is 3. The molecule has 0 saturated heterocycles. The Hall–Kier alpha value is -1.67. The van der Waals surface area contributed by atoms with Crippen molar-refractivity contribution in [3.8, 4) is 0 Å². The van der Waals surface area contributed by atoms with E-state index in [1.165, 1.54) is 0 Å². The molecule has 98 valence electrons. The van der Waals surface area contributed by atoms with Crippen LogP contribution in [0.3, 0.4) is 0 Å². The Morgan fingerprint density at radius 3 is 2.29 bits per heavy atom. The number of carboxylic acid groups (broad SMARTS) is 1. The van der Waals surface area contributed by atoms with Crippen molar-refractivity contribution in [3.05, 3.63) is 0 Å². The molecule has 2 amide bonds. The summed E-state index contributed by atoms with van der Waals surface area (Å²) in [6.07, 6.45) is 0.443. The van der Waals surface area contributed by atoms with Gasteiger partial charge in [0.2, 0.25) is 11.8 Å². The summed E-state index contributed by atoms with van der Waals surface area (Å²) in [6.45, 7) is 0.393. The molecule has 0 saturated carbocycles. The number of rotatable bonds is 8. The minimum Gasteiger partial charge on any atom is -0.480 e. The van der Waals surface area contributed by atoms with Gasteiger partial charge < -0.3 is 27.6 Å². The number of amides is 2. The van der Waals surface area contributed by atoms with E-state index in [2.05, 4.69) is 5.32 Å². The van der Waals surface area contributed by atoms with Crippen LogP contribution >= 0.6 is 0 Å². The molecule has 17 heavy (non-hydrogen) atoms. The van der Waals surface area contributed by atoms with Crippen LogP contribution in [-0.2, 0) is 14.4 Å². The third-order valence-electron chi connectivity index (χ3n) is 2.08. The lowest BCUT2D eigenvalue weighted by atomic mass is 10.1. The van der Waals surface area contributed by atoms with Gasteiger partial charge in [-0.15, -0.1) is 0 Å². The first kappa shape index (κ1) is 15.3. The first-order valence-electron chi connectivity index (χ1n) is 5.15. The van der Waals surface area contributed by atoms with Crippen molar-refractivity contribution in [1.29, 1.82) is 0 Å². The van der Waals surface area contributed by atoms with E-state index >= 15 is 0 Å². The van der Waals surface area contributed by atoms with E-state index in [9.17, 15) is 14.4 Å². The van der Waals surface area contributed by atoms with Gasteiger partial charge in [0, 0.05) is 0 Å². The maximum Gasteiger partial charge on any atom is 0.326 e. The average Bonchev–Trinajstić information content (AvgIpc) is 2.23. The van der Waals surface area contributed by atoms with Gasteiger partial charge >= 0.3 is 5.97 Å². The Morgan fingerprint density at radius 2 is 1.88 bits per heavy atom. The van der Waals surface area contributed by atoms with Crippen molar-refractivity contribution < 1.29 is 19.5 Å². The summed E-state index contributed by atoms with van der Waals surface area (Å²) in [6, 6.07) is -2.18. The number of hydrogen-bond acceptors (Lipinski definition) is 5. The Kier molecular flexibility index (Phi) is 6.83. The van der Waals surface area contributed by atoms with Crippen molar-refractivity contribution >= 4 is 17.8 Å². The predicted molar refractivity (Wildman–Crippen MR) is 59.6 cm³/mol. The Bertz CT molecular complexity index is 295. The molecule has 0 bridgehead atoms. The van der Waals surface area contributed by atoms with Crippen LogP contribution in [-0.4, -0.2) is 41.5 Å². The SMILES string of the molecule is NCCC[C@H](N)C(=O)N[C@@H](CC(N)=O)C(=O)O. The first-order valence-corrected chi connectivity index (χ1v) is 5.15. The lowest BCUT2D eigenvalue weighted by molar-refractivity contribution is -0.143. The van der Waals surface area contributed by atoms with Crippen LogP contribution in [0.5, 0.6) is 0 Å². The fourth-order valence-corrected chi connectivity index (χ4v) is 1.15. The fraction of sp³-hybridized carbons (Fsp3) is 0.667. The second-order valence-electron chi connectivity index (χ2n) is 3.61. The van der Waals surface area contributed by atoms with Crippen molar-refractivity contribution in [3.63, 3.8) is 0 Å². The van der Waals surface area contributed by atoms with Crippen LogP contribution in [0.2, 0.25) is 0 Å². The number of nitrogens with one attached hydrogen (secondary N) is 1. The normalized spacial score (nSPS) is 13.8. The molecule has 0 heterocycles. The molecule has 8 N–H and O–H groups in total. The highest BCUT2D eigenvalue weighted by molar-refractivity contribution is 5.89. The standard InChI is InChI=1S/C9H18N4O4/c10-3-1-2-5(11)8(15)13-6(9(16)17)4-7(12)14/h5-6H,1-4,10-11H2,(H2,12,14)(H,13,15)(H,16,17)/t5-,6-/m0/s1. The molecule has 0 aliphatic rings. The van der Waals surface area contributed by atoms with Crippen molar-refractivity contribution in [2.45, 2.75) is 31.3 Å². The predicted octanol–water partition coefficient (Wildman–Crippen LogP) is -2.50. The molecule has 0 aromatic heterocycles. The third kappa shape index (κ3) is 6.48. The first-order chi connectivity index (χ1) is 7.88. The highest BCUT2D eigenvalue weighted by Crippen LogP contribution is 1.97. The smallest absolute Gasteiger partial charge is 0.326 e. The van der Waals surface area contributed by atoms with Crippen molar-refractivity contribution in [1.82, 2.24) is 5.32 Å². The summed E-state index contributed by atoms with van der Waals surface area (Å²) in [5, 5.41) is 10.9. The van der Waals surface area contributed by atoms with E-state index in [0.717, 1.165) is 0 Å². The summed E-state index contributed by atoms with van der Waals surface area (Å²) < 4.78 is 0. The van der Waals surface area contributed by atoms with Gasteiger partial charge in [0.1, 0.15) is 6.04 Å². The number of carbonyl (C=O) groups is 3. The summed E-state index contributed by atoms with van der Waals surface area (Å²) in [5.74, 6) is -2.77. The van der Waals surface area contributed by atoms with E-state index in [1.807, 2.05) is 0 Å². The van der Waals surface area contributed by atoms with Gasteiger partial charge in [0.15, 0.2) is 0 Å². The minimum atomic E-state index is -1.34. The number of hydrogen-bond donors (Lipinski definition) is 5. The summed E-state index contributed by atoms with van der Waals surface area (Å²) in [4.78, 5) is 32.8. The molecular formula is C9H18N4O4. The van der Waals surface area contributed by atoms with Crippen LogP contribution in [0.15, 0.2) is 0 Å². The van der Waals surface area contributed by atoms with E-state index < -0.39 is 36.3 Å². The monoisotopic (exact) mass is 246 g/mol. The Balaban J connectivity index is 4.29. The average molecular weight is 246 g/mol. The highest BCUT2D eigenvalue weighted by Gasteiger charge is 2.24. The highest BCUT2D eigenvalue weighted by atomic mass is 16.4. The van der Waals surface area contributed by atoms with Crippen molar-refractivity contribution in [2.24, 2.45) is 17.2 Å². The minimum absolute atomic E-state index is 0.352. The summed E-state index contributed by atoms with van der Waals surface area (Å²) >= 11 is 0. The molecule has 2 atom stereocenters. The van der Waals surface area contributed by atoms with Gasteiger partial charge in [-0.2, -0.15) is 0 Å². The zero-order chi connectivity index (χ0) is 13.4. The zero-order valence-electron chi connectivity index (χ0n) is 9.39. The molecule has 0 aliphatic carbocycles. The molecule has 0 aliphatic heterocycles. The quantitative estimate of drug-likeness (QED) is 0.318. The molecule has 0 aromatic carbocycles. The van der Waals surface area contributed by atoms with Crippen molar-refractivity contribution in [2.75, 3.05) is 6.54 Å². The molecule has 0 unspecified atom stereocenters. The zero-order valence-corrected chi connectivity index (χ0v) is 9.39. The van der Waals surface area contributed by atoms with Crippen LogP contribution in [0.1, 0.15) is 19.3 Å². The molecule has 0 rings (SSSR count). The Labute approximate surface area is 98.5 Å². The third-order valence-corrected chi connectivity index (χ3v) is 2.08. The Morgan fingerprint density at radius 1 is 1.29 bits per heavy atom. The van der Waals surface area contributed by atoms with Gasteiger partial charge in [-0.1, -0.05) is 0 Å². The number of carbonyl (C=O) groups excluding carboxylic acids is 2. The maximum atomic E-state index is 11.5. The number of primary amides is 1. The van der Waals surface area contributed by atoms with Crippen LogP contribution in [0, 0.1) is 0 Å². The molecular weight excluding hydrogens is 228 g/mol. The molecule has 8 nitrogen and oxygen atoms in total. The van der Waals surface area contributed by atoms with Gasteiger partial charge in [0.05, 0.1) is 12.5 Å². The van der Waals surface area contributed by atoms with Gasteiger partial charge in [-0.3, -0.25) is 9.59 Å². The van der Waals surface area contributed by atoms with Crippen LogP contribution < -0.4 is 22.5 Å². The molecule has 0 fully saturated rings. The largest absolute Gasteiger partial charge is 0.480 e. The fourth-order valence-electron chi connectivity index (χ4n) is 1.15. The van der Waals surface area contributed by atoms with E-state index in [4.69, 9.17) is 22.3 Å². The molecule has 0 radical (unpaired) electrons. The second kappa shape index (κ2) is 7.58. The van der Waals surface area contributed by atoms with Crippen LogP contribution in [0.4, 0.5) is 0 Å². The van der Waals surface area contributed by atoms with E-state index in [-0.39, 0.29) is 0 Å². The van der Waals surface area contributed by atoms with E-state index in [0.29, 0.717) is 19.4 Å². The molecule has 0 spiro atoms. The van der Waals surface area contributed by atoms with Gasteiger partial charge in [0.25, 0.3) is 0 Å². The molecule has 0 aromatic rings. The second-order valence-corrected chi connectivity index (χ2v) is 3.61. The lowest BCUT2D eigenvalue weighted by Gasteiger charge is -2.16. The number of carboxylic acids is 1. The maximum absolute atomic E-state index is 11.5. The van der Waals surface area contributed by atoms with Crippen LogP contribution in [0.25, 0.3) is 0 Å². The van der Waals surface area contributed by atoms with E-state index in [1.54, 1.807) is 0 Å². The molecule has 8 heteroatoms. The lowest BCUT2D eigenvalue weighted by Crippen LogP contribution is -2.49. The van der Waals surface area contributed by atoms with Gasteiger partial charge in [-0.25, -0.2) is 4.79 Å². The number of aliphatic carboxylic acids is 1. The topological polar surface area (TPSA) is 162 Å². The summed E-state index contributed by atoms with van der Waals surface area (Å²) in [5.41, 5.74) is 15.6. The van der Waals surface area contributed by atoms with Gasteiger partial charge in [-0.05, 0) is 19.4 Å². The summed E-state index contributed by atoms with van der Waals surface area (Å²) in [7, 11) is 0.